The van der Waals surface area contributed by atoms with Crippen LogP contribution in [0, 0.1) is 0 Å². The van der Waals surface area contributed by atoms with Crippen molar-refractivity contribution in [3.05, 3.63) is 29.3 Å². The summed E-state index contributed by atoms with van der Waals surface area (Å²) in [6.07, 6.45) is -0.420. The van der Waals surface area contributed by atoms with Gasteiger partial charge in [-0.15, -0.1) is 0 Å². The molecule has 0 aliphatic heterocycles. The SMILES string of the molecule is CC(C)NC(=O)NC(=O)COC(=O)CCS(=O)(=O)c1ccc(Cl)cc1. The molecule has 0 atom stereocenters. The van der Waals surface area contributed by atoms with Crippen LogP contribution in [-0.4, -0.2) is 44.7 Å². The van der Waals surface area contributed by atoms with E-state index in [1.165, 1.54) is 24.3 Å². The number of hydrogen-bond donors (Lipinski definition) is 2. The number of urea groups is 1. The number of ether oxygens (including phenoxy) is 1. The molecular weight excluding hydrogens is 372 g/mol. The molecule has 3 amide bonds. The monoisotopic (exact) mass is 390 g/mol. The molecular formula is C15H19ClN2O6S. The van der Waals surface area contributed by atoms with Gasteiger partial charge in [-0.1, -0.05) is 11.6 Å². The van der Waals surface area contributed by atoms with Gasteiger partial charge in [-0.3, -0.25) is 14.9 Å². The van der Waals surface area contributed by atoms with E-state index in [4.69, 9.17) is 11.6 Å². The Kier molecular flexibility index (Phi) is 7.85. The molecule has 8 nitrogen and oxygen atoms in total. The number of hydrogen-bond acceptors (Lipinski definition) is 6. The van der Waals surface area contributed by atoms with E-state index < -0.39 is 46.5 Å². The van der Waals surface area contributed by atoms with E-state index in [9.17, 15) is 22.8 Å². The summed E-state index contributed by atoms with van der Waals surface area (Å²) in [5.41, 5.74) is 0. The average Bonchev–Trinajstić information content (AvgIpc) is 2.50. The van der Waals surface area contributed by atoms with Crippen molar-refractivity contribution in [1.29, 1.82) is 0 Å². The van der Waals surface area contributed by atoms with Gasteiger partial charge >= 0.3 is 12.0 Å². The number of benzene rings is 1. The van der Waals surface area contributed by atoms with Crippen LogP contribution in [0.1, 0.15) is 20.3 Å². The topological polar surface area (TPSA) is 119 Å². The summed E-state index contributed by atoms with van der Waals surface area (Å²) >= 11 is 5.69. The fraction of sp³-hybridized carbons (Fsp3) is 0.400. The summed E-state index contributed by atoms with van der Waals surface area (Å²) in [5, 5.41) is 4.80. The second-order valence-electron chi connectivity index (χ2n) is 5.36. The lowest BCUT2D eigenvalue weighted by atomic mass is 10.4. The van der Waals surface area contributed by atoms with Gasteiger partial charge in [0.1, 0.15) is 0 Å². The first-order valence-corrected chi connectivity index (χ1v) is 9.37. The minimum Gasteiger partial charge on any atom is -0.456 e. The first kappa shape index (κ1) is 20.9. The van der Waals surface area contributed by atoms with Crippen molar-refractivity contribution < 1.29 is 27.5 Å². The number of esters is 1. The van der Waals surface area contributed by atoms with Gasteiger partial charge in [0.25, 0.3) is 5.91 Å². The zero-order valence-electron chi connectivity index (χ0n) is 13.7. The van der Waals surface area contributed by atoms with Gasteiger partial charge in [-0.25, -0.2) is 13.2 Å². The predicted molar refractivity (Wildman–Crippen MR) is 90.9 cm³/mol. The van der Waals surface area contributed by atoms with E-state index in [1.54, 1.807) is 13.8 Å². The smallest absolute Gasteiger partial charge is 0.321 e. The van der Waals surface area contributed by atoms with Crippen molar-refractivity contribution in [1.82, 2.24) is 10.6 Å². The van der Waals surface area contributed by atoms with Crippen LogP contribution in [-0.2, 0) is 24.2 Å². The highest BCUT2D eigenvalue weighted by Gasteiger charge is 2.18. The molecule has 0 saturated carbocycles. The molecule has 0 unspecified atom stereocenters. The van der Waals surface area contributed by atoms with Crippen molar-refractivity contribution in [2.75, 3.05) is 12.4 Å². The largest absolute Gasteiger partial charge is 0.456 e. The second-order valence-corrected chi connectivity index (χ2v) is 7.91. The third-order valence-electron chi connectivity index (χ3n) is 2.78. The minimum atomic E-state index is -3.67. The standard InChI is InChI=1S/C15H19ClN2O6S/c1-10(2)17-15(21)18-13(19)9-24-14(20)7-8-25(22,23)12-5-3-11(16)4-6-12/h3-6,10H,7-9H2,1-2H3,(H2,17,18,19,21). The summed E-state index contributed by atoms with van der Waals surface area (Å²) in [7, 11) is -3.67. The van der Waals surface area contributed by atoms with Crippen LogP contribution in [0.25, 0.3) is 0 Å². The number of nitrogens with one attached hydrogen (secondary N) is 2. The molecule has 0 heterocycles. The zero-order chi connectivity index (χ0) is 19.0. The number of sulfone groups is 1. The van der Waals surface area contributed by atoms with Crippen LogP contribution in [0.15, 0.2) is 29.2 Å². The normalized spacial score (nSPS) is 11.0. The highest BCUT2D eigenvalue weighted by atomic mass is 35.5. The molecule has 0 bridgehead atoms. The highest BCUT2D eigenvalue weighted by molar-refractivity contribution is 7.91. The second kappa shape index (κ2) is 9.38. The maximum Gasteiger partial charge on any atom is 0.321 e. The number of halogens is 1. The van der Waals surface area contributed by atoms with Gasteiger partial charge < -0.3 is 10.1 Å². The van der Waals surface area contributed by atoms with Gasteiger partial charge in [0.05, 0.1) is 17.1 Å². The number of carbonyl (C=O) groups is 3. The maximum absolute atomic E-state index is 12.1. The number of imide groups is 1. The number of rotatable bonds is 7. The van der Waals surface area contributed by atoms with Crippen LogP contribution in [0.4, 0.5) is 4.79 Å². The lowest BCUT2D eigenvalue weighted by Crippen LogP contribution is -2.44. The van der Waals surface area contributed by atoms with Gasteiger partial charge in [-0.2, -0.15) is 0 Å². The Morgan fingerprint density at radius 2 is 1.76 bits per heavy atom. The van der Waals surface area contributed by atoms with Crippen molar-refractivity contribution in [3.8, 4) is 0 Å². The molecule has 0 spiro atoms. The first-order chi connectivity index (χ1) is 11.6. The molecule has 1 aromatic carbocycles. The first-order valence-electron chi connectivity index (χ1n) is 7.34. The third kappa shape index (κ3) is 7.99. The Morgan fingerprint density at radius 3 is 2.32 bits per heavy atom. The summed E-state index contributed by atoms with van der Waals surface area (Å²) in [4.78, 5) is 34.3. The van der Waals surface area contributed by atoms with E-state index >= 15 is 0 Å². The van der Waals surface area contributed by atoms with E-state index in [1.807, 2.05) is 5.32 Å². The molecule has 0 aliphatic carbocycles. The van der Waals surface area contributed by atoms with E-state index in [0.29, 0.717) is 5.02 Å². The Hall–Kier alpha value is -2.13. The third-order valence-corrected chi connectivity index (χ3v) is 4.77. The number of carbonyl (C=O) groups excluding carboxylic acids is 3. The molecule has 0 aromatic heterocycles. The summed E-state index contributed by atoms with van der Waals surface area (Å²) in [6.45, 7) is 2.75. The molecule has 0 radical (unpaired) electrons. The van der Waals surface area contributed by atoms with Crippen LogP contribution in [0.5, 0.6) is 0 Å². The number of amides is 3. The van der Waals surface area contributed by atoms with Gasteiger partial charge in [-0.05, 0) is 38.1 Å². The lowest BCUT2D eigenvalue weighted by molar-refractivity contribution is -0.147. The molecule has 0 saturated heterocycles. The van der Waals surface area contributed by atoms with Crippen molar-refractivity contribution in [3.63, 3.8) is 0 Å². The molecule has 0 aliphatic rings. The predicted octanol–water partition coefficient (Wildman–Crippen LogP) is 1.28. The minimum absolute atomic E-state index is 0.0350. The molecule has 1 aromatic rings. The Bertz CT molecular complexity index is 731. The molecule has 25 heavy (non-hydrogen) atoms. The van der Waals surface area contributed by atoms with E-state index in [-0.39, 0.29) is 10.9 Å². The van der Waals surface area contributed by atoms with E-state index in [2.05, 4.69) is 10.1 Å². The summed E-state index contributed by atoms with van der Waals surface area (Å²) < 4.78 is 28.7. The Balaban J connectivity index is 2.40. The average molecular weight is 391 g/mol. The van der Waals surface area contributed by atoms with Crippen molar-refractivity contribution in [2.45, 2.75) is 31.2 Å². The highest BCUT2D eigenvalue weighted by Crippen LogP contribution is 2.16. The van der Waals surface area contributed by atoms with Gasteiger partial charge in [0, 0.05) is 11.1 Å². The molecule has 138 valence electrons. The van der Waals surface area contributed by atoms with Crippen molar-refractivity contribution >= 4 is 39.3 Å². The quantitative estimate of drug-likeness (QED) is 0.677. The lowest BCUT2D eigenvalue weighted by Gasteiger charge is -2.09. The molecule has 2 N–H and O–H groups in total. The van der Waals surface area contributed by atoms with Crippen LogP contribution in [0.3, 0.4) is 0 Å². The van der Waals surface area contributed by atoms with Gasteiger partial charge in [0.2, 0.25) is 0 Å². The summed E-state index contributed by atoms with van der Waals surface area (Å²) in [6, 6.07) is 4.67. The van der Waals surface area contributed by atoms with Crippen LogP contribution in [0.2, 0.25) is 5.02 Å². The Labute approximate surface area is 150 Å². The fourth-order valence-electron chi connectivity index (χ4n) is 1.66. The molecule has 10 heteroatoms. The zero-order valence-corrected chi connectivity index (χ0v) is 15.3. The summed E-state index contributed by atoms with van der Waals surface area (Å²) in [5.74, 6) is -2.15. The van der Waals surface area contributed by atoms with Gasteiger partial charge in [0.15, 0.2) is 16.4 Å². The van der Waals surface area contributed by atoms with E-state index in [0.717, 1.165) is 0 Å². The fourth-order valence-corrected chi connectivity index (χ4v) is 3.00. The Morgan fingerprint density at radius 1 is 1.16 bits per heavy atom. The van der Waals surface area contributed by atoms with Crippen LogP contribution < -0.4 is 10.6 Å². The van der Waals surface area contributed by atoms with Crippen LogP contribution >= 0.6 is 11.6 Å². The molecule has 0 fully saturated rings. The maximum atomic E-state index is 12.1. The van der Waals surface area contributed by atoms with Crippen molar-refractivity contribution in [2.24, 2.45) is 0 Å². The molecule has 1 rings (SSSR count).